The molecule has 138 valence electrons. The highest BCUT2D eigenvalue weighted by Crippen LogP contribution is 2.27. The molecular formula is C21H20N2O4. The normalized spacial score (nSPS) is 10.9. The first-order valence-corrected chi connectivity index (χ1v) is 8.92. The number of aromatic nitrogens is 2. The maximum Gasteiger partial charge on any atom is 0.274 e. The van der Waals surface area contributed by atoms with Crippen LogP contribution in [-0.4, -0.2) is 26.3 Å². The van der Waals surface area contributed by atoms with Crippen molar-refractivity contribution in [3.8, 4) is 5.75 Å². The quantitative estimate of drug-likeness (QED) is 0.534. The second kappa shape index (κ2) is 7.95. The Labute approximate surface area is 156 Å². The van der Waals surface area contributed by atoms with Crippen molar-refractivity contribution in [3.05, 3.63) is 70.1 Å². The van der Waals surface area contributed by atoms with E-state index in [-0.39, 0.29) is 23.0 Å². The zero-order chi connectivity index (χ0) is 19.4. The SMILES string of the molecule is CCCCCC(=O)n1c(=O)c(C(=O)c2ccccc2)c(O)c2cccnc21. The molecule has 6 heteroatoms. The standard InChI is InChI=1S/C21H20N2O4/c1-2-3-5-12-16(24)23-20-15(11-8-13-22-20)19(26)17(21(23)27)18(25)14-9-6-4-7-10-14/h4,6-11,13,26H,2-3,5,12H2,1H3. The van der Waals surface area contributed by atoms with E-state index < -0.39 is 28.6 Å². The van der Waals surface area contributed by atoms with Gasteiger partial charge in [-0.25, -0.2) is 9.55 Å². The number of pyridine rings is 2. The van der Waals surface area contributed by atoms with Gasteiger partial charge in [-0.2, -0.15) is 0 Å². The van der Waals surface area contributed by atoms with Gasteiger partial charge in [0.2, 0.25) is 11.7 Å². The molecule has 3 aromatic rings. The van der Waals surface area contributed by atoms with Gasteiger partial charge in [-0.1, -0.05) is 50.1 Å². The lowest BCUT2D eigenvalue weighted by Gasteiger charge is -2.12. The monoisotopic (exact) mass is 364 g/mol. The molecule has 1 N–H and O–H groups in total. The van der Waals surface area contributed by atoms with Gasteiger partial charge < -0.3 is 5.11 Å². The summed E-state index contributed by atoms with van der Waals surface area (Å²) in [5.74, 6) is -1.51. The summed E-state index contributed by atoms with van der Waals surface area (Å²) in [6.45, 7) is 2.02. The third kappa shape index (κ3) is 3.51. The number of benzene rings is 1. The lowest BCUT2D eigenvalue weighted by atomic mass is 10.0. The molecule has 2 aromatic heterocycles. The van der Waals surface area contributed by atoms with Crippen LogP contribution in [0.1, 0.15) is 53.3 Å². The molecule has 0 atom stereocenters. The van der Waals surface area contributed by atoms with Gasteiger partial charge in [0.1, 0.15) is 11.3 Å². The minimum Gasteiger partial charge on any atom is -0.506 e. The summed E-state index contributed by atoms with van der Waals surface area (Å²) in [5.41, 5.74) is -0.927. The van der Waals surface area contributed by atoms with Crippen LogP contribution >= 0.6 is 0 Å². The number of hydrogen-bond donors (Lipinski definition) is 1. The van der Waals surface area contributed by atoms with Crippen LogP contribution in [-0.2, 0) is 0 Å². The number of nitrogens with zero attached hydrogens (tertiary/aromatic N) is 2. The van der Waals surface area contributed by atoms with E-state index in [4.69, 9.17) is 0 Å². The Morgan fingerprint density at radius 1 is 1.07 bits per heavy atom. The Bertz CT molecular complexity index is 1050. The Balaban J connectivity index is 2.22. The van der Waals surface area contributed by atoms with E-state index in [0.29, 0.717) is 6.42 Å². The minimum atomic E-state index is -0.839. The van der Waals surface area contributed by atoms with Gasteiger partial charge in [-0.15, -0.1) is 0 Å². The van der Waals surface area contributed by atoms with Crippen LogP contribution in [0.15, 0.2) is 53.5 Å². The van der Waals surface area contributed by atoms with E-state index in [0.717, 1.165) is 17.4 Å². The molecule has 0 amide bonds. The molecule has 0 spiro atoms. The average molecular weight is 364 g/mol. The summed E-state index contributed by atoms with van der Waals surface area (Å²) in [4.78, 5) is 42.7. The lowest BCUT2D eigenvalue weighted by molar-refractivity contribution is 0.0899. The molecule has 0 fully saturated rings. The van der Waals surface area contributed by atoms with Crippen molar-refractivity contribution in [3.63, 3.8) is 0 Å². The fourth-order valence-corrected chi connectivity index (χ4v) is 3.01. The molecular weight excluding hydrogens is 344 g/mol. The third-order valence-corrected chi connectivity index (χ3v) is 4.41. The topological polar surface area (TPSA) is 89.3 Å². The highest BCUT2D eigenvalue weighted by Gasteiger charge is 2.25. The molecule has 0 aliphatic rings. The van der Waals surface area contributed by atoms with Crippen LogP contribution in [0.2, 0.25) is 0 Å². The lowest BCUT2D eigenvalue weighted by Crippen LogP contribution is -2.32. The maximum absolute atomic E-state index is 13.0. The maximum atomic E-state index is 13.0. The second-order valence-corrected chi connectivity index (χ2v) is 6.28. The molecule has 0 aliphatic heterocycles. The molecule has 1 aromatic carbocycles. The molecule has 0 saturated heterocycles. The van der Waals surface area contributed by atoms with Crippen molar-refractivity contribution >= 4 is 22.7 Å². The van der Waals surface area contributed by atoms with E-state index >= 15 is 0 Å². The number of aromatic hydroxyl groups is 1. The average Bonchev–Trinajstić information content (AvgIpc) is 2.69. The summed E-state index contributed by atoms with van der Waals surface area (Å²) in [7, 11) is 0. The third-order valence-electron chi connectivity index (χ3n) is 4.41. The van der Waals surface area contributed by atoms with Crippen LogP contribution in [0.25, 0.3) is 11.0 Å². The van der Waals surface area contributed by atoms with Crippen molar-refractivity contribution in [2.24, 2.45) is 0 Å². The molecule has 6 nitrogen and oxygen atoms in total. The first-order chi connectivity index (χ1) is 13.1. The molecule has 2 heterocycles. The van der Waals surface area contributed by atoms with Crippen LogP contribution < -0.4 is 5.56 Å². The predicted molar refractivity (Wildman–Crippen MR) is 102 cm³/mol. The van der Waals surface area contributed by atoms with Gasteiger partial charge in [0, 0.05) is 18.2 Å². The highest BCUT2D eigenvalue weighted by molar-refractivity contribution is 6.13. The number of carbonyl (C=O) groups is 2. The highest BCUT2D eigenvalue weighted by atomic mass is 16.3. The molecule has 27 heavy (non-hydrogen) atoms. The van der Waals surface area contributed by atoms with Gasteiger partial charge in [0.15, 0.2) is 5.65 Å². The van der Waals surface area contributed by atoms with Crippen LogP contribution in [0.3, 0.4) is 0 Å². The number of hydrogen-bond acceptors (Lipinski definition) is 5. The predicted octanol–water partition coefficient (Wildman–Crippen LogP) is 3.55. The zero-order valence-electron chi connectivity index (χ0n) is 15.0. The number of ketones is 1. The van der Waals surface area contributed by atoms with Crippen molar-refractivity contribution in [1.29, 1.82) is 0 Å². The fourth-order valence-electron chi connectivity index (χ4n) is 3.01. The second-order valence-electron chi connectivity index (χ2n) is 6.28. The van der Waals surface area contributed by atoms with Gasteiger partial charge in [-0.3, -0.25) is 14.4 Å². The van der Waals surface area contributed by atoms with E-state index in [9.17, 15) is 19.5 Å². The molecule has 0 unspecified atom stereocenters. The van der Waals surface area contributed by atoms with E-state index in [2.05, 4.69) is 4.98 Å². The Kier molecular flexibility index (Phi) is 5.45. The van der Waals surface area contributed by atoms with E-state index in [1.165, 1.54) is 12.3 Å². The molecule has 0 bridgehead atoms. The summed E-state index contributed by atoms with van der Waals surface area (Å²) in [6.07, 6.45) is 4.05. The number of unbranched alkanes of at least 4 members (excludes halogenated alkanes) is 2. The molecule has 3 rings (SSSR count). The number of fused-ring (bicyclic) bond motifs is 1. The summed E-state index contributed by atoms with van der Waals surface area (Å²) in [6, 6.07) is 11.3. The number of rotatable bonds is 6. The van der Waals surface area contributed by atoms with E-state index in [1.54, 1.807) is 36.4 Å². The molecule has 0 saturated carbocycles. The Morgan fingerprint density at radius 2 is 1.81 bits per heavy atom. The van der Waals surface area contributed by atoms with Crippen molar-refractivity contribution in [1.82, 2.24) is 9.55 Å². The van der Waals surface area contributed by atoms with Gasteiger partial charge in [-0.05, 0) is 18.6 Å². The fraction of sp³-hybridized carbons (Fsp3) is 0.238. The van der Waals surface area contributed by atoms with Crippen LogP contribution in [0.4, 0.5) is 0 Å². The van der Waals surface area contributed by atoms with Crippen molar-refractivity contribution < 1.29 is 14.7 Å². The zero-order valence-corrected chi connectivity index (χ0v) is 15.0. The van der Waals surface area contributed by atoms with Gasteiger partial charge in [0.05, 0.1) is 5.39 Å². The first kappa shape index (κ1) is 18.5. The molecule has 0 aliphatic carbocycles. The van der Waals surface area contributed by atoms with Gasteiger partial charge in [0.25, 0.3) is 5.56 Å². The smallest absolute Gasteiger partial charge is 0.274 e. The Hall–Kier alpha value is -3.28. The summed E-state index contributed by atoms with van der Waals surface area (Å²) in [5, 5.41) is 10.8. The first-order valence-electron chi connectivity index (χ1n) is 8.92. The Morgan fingerprint density at radius 3 is 2.52 bits per heavy atom. The summed E-state index contributed by atoms with van der Waals surface area (Å²) < 4.78 is 0.918. The van der Waals surface area contributed by atoms with Crippen molar-refractivity contribution in [2.75, 3.05) is 0 Å². The van der Waals surface area contributed by atoms with Crippen LogP contribution in [0, 0.1) is 0 Å². The number of carbonyl (C=O) groups excluding carboxylic acids is 2. The summed E-state index contributed by atoms with van der Waals surface area (Å²) >= 11 is 0. The van der Waals surface area contributed by atoms with E-state index in [1.807, 2.05) is 6.92 Å². The van der Waals surface area contributed by atoms with Crippen molar-refractivity contribution in [2.45, 2.75) is 32.6 Å². The molecule has 0 radical (unpaired) electrons. The minimum absolute atomic E-state index is 0.0612. The largest absolute Gasteiger partial charge is 0.506 e. The van der Waals surface area contributed by atoms with Gasteiger partial charge >= 0.3 is 0 Å². The van der Waals surface area contributed by atoms with Crippen LogP contribution in [0.5, 0.6) is 5.75 Å².